The maximum atomic E-state index is 11.4. The van der Waals surface area contributed by atoms with Crippen molar-refractivity contribution in [2.45, 2.75) is 66.2 Å². The molecule has 2 fully saturated rings. The van der Waals surface area contributed by atoms with Crippen molar-refractivity contribution >= 4 is 11.9 Å². The van der Waals surface area contributed by atoms with E-state index in [1.54, 1.807) is 6.92 Å². The van der Waals surface area contributed by atoms with E-state index in [1.165, 1.54) is 24.5 Å². The third-order valence-corrected chi connectivity index (χ3v) is 8.31. The van der Waals surface area contributed by atoms with Gasteiger partial charge in [-0.25, -0.2) is 9.59 Å². The summed E-state index contributed by atoms with van der Waals surface area (Å²) in [6, 6.07) is 21.1. The molecule has 2 aliphatic carbocycles. The first-order chi connectivity index (χ1) is 18.3. The van der Waals surface area contributed by atoms with Crippen LogP contribution in [0.2, 0.25) is 0 Å². The van der Waals surface area contributed by atoms with E-state index in [-0.39, 0.29) is 22.4 Å². The Kier molecular flexibility index (Phi) is 11.3. The fourth-order valence-corrected chi connectivity index (χ4v) is 5.13. The fourth-order valence-electron chi connectivity index (χ4n) is 5.13. The third-order valence-electron chi connectivity index (χ3n) is 8.31. The highest BCUT2D eigenvalue weighted by atomic mass is 16.5. The van der Waals surface area contributed by atoms with Crippen LogP contribution in [-0.2, 0) is 14.3 Å². The molecule has 0 radical (unpaired) electrons. The van der Waals surface area contributed by atoms with E-state index >= 15 is 0 Å². The molecule has 5 nitrogen and oxygen atoms in total. The number of carbonyl (C=O) groups excluding carboxylic acids is 1. The van der Waals surface area contributed by atoms with Gasteiger partial charge in [0.15, 0.2) is 0 Å². The van der Waals surface area contributed by atoms with Gasteiger partial charge in [-0.05, 0) is 66.9 Å². The van der Waals surface area contributed by atoms with Crippen molar-refractivity contribution in [3.63, 3.8) is 0 Å². The maximum Gasteiger partial charge on any atom is 0.333 e. The first kappa shape index (κ1) is 32.0. The highest BCUT2D eigenvalue weighted by molar-refractivity contribution is 5.87. The molecule has 2 aromatic rings. The van der Waals surface area contributed by atoms with Crippen LogP contribution in [0.25, 0.3) is 0 Å². The summed E-state index contributed by atoms with van der Waals surface area (Å²) in [7, 11) is 0. The molecule has 0 spiro atoms. The number of benzene rings is 2. The lowest BCUT2D eigenvalue weighted by Gasteiger charge is -2.17. The number of hydrogen-bond donors (Lipinski definition) is 2. The number of ether oxygens (including phenoxy) is 1. The van der Waals surface area contributed by atoms with Crippen LogP contribution in [0.15, 0.2) is 85.0 Å². The number of aliphatic hydroxyl groups is 1. The van der Waals surface area contributed by atoms with Crippen LogP contribution in [-0.4, -0.2) is 35.4 Å². The molecule has 2 aliphatic rings. The minimum atomic E-state index is -0.935. The quantitative estimate of drug-likeness (QED) is 0.259. The van der Waals surface area contributed by atoms with Gasteiger partial charge < -0.3 is 14.9 Å². The smallest absolute Gasteiger partial charge is 0.333 e. The van der Waals surface area contributed by atoms with Crippen molar-refractivity contribution in [3.8, 4) is 0 Å². The van der Waals surface area contributed by atoms with Crippen LogP contribution in [0.1, 0.15) is 77.3 Å². The topological polar surface area (TPSA) is 83.8 Å². The van der Waals surface area contributed by atoms with Crippen molar-refractivity contribution in [1.82, 2.24) is 0 Å². The summed E-state index contributed by atoms with van der Waals surface area (Å²) in [5.41, 5.74) is 3.72. The Hall–Kier alpha value is -3.18. The second-order valence-electron chi connectivity index (χ2n) is 11.9. The molecular formula is C34H46O5. The highest BCUT2D eigenvalue weighted by Crippen LogP contribution is 2.59. The zero-order valence-electron chi connectivity index (χ0n) is 24.4. The largest absolute Gasteiger partial charge is 0.478 e. The van der Waals surface area contributed by atoms with Crippen molar-refractivity contribution in [1.29, 1.82) is 0 Å². The van der Waals surface area contributed by atoms with Crippen LogP contribution < -0.4 is 0 Å². The van der Waals surface area contributed by atoms with E-state index < -0.39 is 5.97 Å². The van der Waals surface area contributed by atoms with E-state index in [4.69, 9.17) is 9.84 Å². The summed E-state index contributed by atoms with van der Waals surface area (Å²) in [6.07, 6.45) is 2.28. The van der Waals surface area contributed by atoms with Gasteiger partial charge in [-0.1, -0.05) is 102 Å². The van der Waals surface area contributed by atoms with E-state index in [9.17, 15) is 14.7 Å². The molecule has 212 valence electrons. The second-order valence-corrected chi connectivity index (χ2v) is 11.9. The molecule has 0 amide bonds. The summed E-state index contributed by atoms with van der Waals surface area (Å²) in [5.74, 6) is 1.13. The predicted octanol–water partition coefficient (Wildman–Crippen LogP) is 7.39. The first-order valence-electron chi connectivity index (χ1n) is 13.7. The Labute approximate surface area is 234 Å². The number of carbonyl (C=O) groups is 2. The SMILES string of the molecule is C=C(C)C(=O)O.C=C(C)C(=O)OC[C@]1(C)C[C@H]1[C@H](C)c1ccccc1.C[C@H](c1ccccc1)[C@@H]1C[C@@]1(C)CO. The predicted molar refractivity (Wildman–Crippen MR) is 157 cm³/mol. The molecule has 4 rings (SSSR count). The summed E-state index contributed by atoms with van der Waals surface area (Å²) >= 11 is 0. The summed E-state index contributed by atoms with van der Waals surface area (Å²) in [4.78, 5) is 21.0. The maximum absolute atomic E-state index is 11.4. The molecule has 0 aliphatic heterocycles. The van der Waals surface area contributed by atoms with Gasteiger partial charge >= 0.3 is 11.9 Å². The number of aliphatic carboxylic acids is 1. The molecular weight excluding hydrogens is 488 g/mol. The highest BCUT2D eigenvalue weighted by Gasteiger charge is 2.53. The second kappa shape index (κ2) is 13.7. The number of aliphatic hydroxyl groups excluding tert-OH is 1. The van der Waals surface area contributed by atoms with Gasteiger partial charge in [-0.15, -0.1) is 0 Å². The van der Waals surface area contributed by atoms with Crippen LogP contribution in [0.3, 0.4) is 0 Å². The van der Waals surface area contributed by atoms with E-state index in [0.29, 0.717) is 42.5 Å². The molecule has 2 N–H and O–H groups in total. The zero-order chi connectivity index (χ0) is 29.4. The van der Waals surface area contributed by atoms with Gasteiger partial charge in [0.2, 0.25) is 0 Å². The Morgan fingerprint density at radius 1 is 0.846 bits per heavy atom. The van der Waals surface area contributed by atoms with E-state index in [0.717, 1.165) is 6.42 Å². The molecule has 5 heteroatoms. The first-order valence-corrected chi connectivity index (χ1v) is 13.7. The van der Waals surface area contributed by atoms with Crippen molar-refractivity contribution in [3.05, 3.63) is 96.1 Å². The van der Waals surface area contributed by atoms with Crippen molar-refractivity contribution < 1.29 is 24.5 Å². The van der Waals surface area contributed by atoms with Crippen molar-refractivity contribution in [2.75, 3.05) is 13.2 Å². The molecule has 2 saturated carbocycles. The van der Waals surface area contributed by atoms with Crippen LogP contribution in [0, 0.1) is 22.7 Å². The van der Waals surface area contributed by atoms with Crippen LogP contribution in [0.4, 0.5) is 0 Å². The Bertz CT molecular complexity index is 1110. The summed E-state index contributed by atoms with van der Waals surface area (Å²) in [5, 5.41) is 17.1. The Morgan fingerprint density at radius 2 is 1.23 bits per heavy atom. The molecule has 0 heterocycles. The normalized spacial score (nSPS) is 25.8. The number of carboxylic acid groups (broad SMARTS) is 1. The van der Waals surface area contributed by atoms with Gasteiger partial charge in [-0.2, -0.15) is 0 Å². The standard InChI is InChI=1S/C17H22O2.C13H18O.C4H6O2/c1-12(2)16(18)19-11-17(4)10-15(17)13(3)14-8-6-5-7-9-14;1-10(11-6-4-3-5-7-11)12-8-13(12,2)9-14;1-3(2)4(5)6/h5-9,13,15H,1,10-11H2,2-4H3;3-7,10,12,14H,8-9H2,1-2H3;1H2,2H3,(H,5,6)/t13-,15+,17+;10-,12+,13+;/m11./s1. The molecule has 0 saturated heterocycles. The third kappa shape index (κ3) is 9.21. The molecule has 0 aromatic heterocycles. The van der Waals surface area contributed by atoms with Gasteiger partial charge in [0, 0.05) is 23.2 Å². The molecule has 0 unspecified atom stereocenters. The van der Waals surface area contributed by atoms with Gasteiger partial charge in [0.25, 0.3) is 0 Å². The van der Waals surface area contributed by atoms with Gasteiger partial charge in [0.1, 0.15) is 0 Å². The Morgan fingerprint density at radius 3 is 1.56 bits per heavy atom. The molecule has 39 heavy (non-hydrogen) atoms. The average molecular weight is 535 g/mol. The summed E-state index contributed by atoms with van der Waals surface area (Å²) < 4.78 is 5.31. The fraction of sp³-hybridized carbons (Fsp3) is 0.471. The van der Waals surface area contributed by atoms with E-state index in [2.05, 4.69) is 89.4 Å². The minimum absolute atomic E-state index is 0.125. The van der Waals surface area contributed by atoms with Gasteiger partial charge in [-0.3, -0.25) is 0 Å². The molecule has 6 atom stereocenters. The van der Waals surface area contributed by atoms with Crippen LogP contribution in [0.5, 0.6) is 0 Å². The number of carboxylic acids is 1. The number of hydrogen-bond acceptors (Lipinski definition) is 4. The zero-order valence-corrected chi connectivity index (χ0v) is 24.4. The lowest BCUT2D eigenvalue weighted by Crippen LogP contribution is -2.16. The van der Waals surface area contributed by atoms with Gasteiger partial charge in [0.05, 0.1) is 6.61 Å². The lowest BCUT2D eigenvalue weighted by molar-refractivity contribution is -0.140. The van der Waals surface area contributed by atoms with Crippen LogP contribution >= 0.6 is 0 Å². The van der Waals surface area contributed by atoms with Crippen molar-refractivity contribution in [2.24, 2.45) is 22.7 Å². The molecule has 2 aromatic carbocycles. The number of rotatable bonds is 9. The van der Waals surface area contributed by atoms with E-state index in [1.807, 2.05) is 12.1 Å². The minimum Gasteiger partial charge on any atom is -0.478 e. The number of esters is 1. The summed E-state index contributed by atoms with van der Waals surface area (Å²) in [6.45, 7) is 19.6. The lowest BCUT2D eigenvalue weighted by atomic mass is 9.91. The monoisotopic (exact) mass is 534 g/mol. The average Bonchev–Trinajstić information content (AvgIpc) is 3.82. The molecule has 0 bridgehead atoms. The Balaban J connectivity index is 0.000000234.